The predicted molar refractivity (Wildman–Crippen MR) is 109 cm³/mol. The highest BCUT2D eigenvalue weighted by atomic mass is 16.4. The van der Waals surface area contributed by atoms with E-state index >= 15 is 0 Å². The van der Waals surface area contributed by atoms with Crippen molar-refractivity contribution in [2.24, 2.45) is 5.92 Å². The molecule has 0 atom stereocenters. The molecule has 8 heteroatoms. The number of amides is 1. The molecule has 2 saturated carbocycles. The van der Waals surface area contributed by atoms with Gasteiger partial charge in [0.25, 0.3) is 5.91 Å². The van der Waals surface area contributed by atoms with E-state index in [1.807, 2.05) is 30.3 Å². The number of carbonyl (C=O) groups is 2. The molecule has 1 heterocycles. The highest BCUT2D eigenvalue weighted by Gasteiger charge is 2.37. The maximum absolute atomic E-state index is 12.2. The summed E-state index contributed by atoms with van der Waals surface area (Å²) in [5.74, 6) is 0.221. The lowest BCUT2D eigenvalue weighted by Crippen LogP contribution is -2.52. The molecule has 2 aliphatic carbocycles. The third kappa shape index (κ3) is 5.29. The van der Waals surface area contributed by atoms with Crippen molar-refractivity contribution in [2.75, 3.05) is 23.7 Å². The Morgan fingerprint density at radius 2 is 1.83 bits per heavy atom. The van der Waals surface area contributed by atoms with E-state index in [1.54, 1.807) is 12.1 Å². The SMILES string of the molecule is O=C(O)CN(CC1CC1)C1CC(Nc2ccc(C(=O)Nc3ccccc3)nn2)C1. The first-order valence-electron chi connectivity index (χ1n) is 9.99. The molecule has 29 heavy (non-hydrogen) atoms. The number of carboxylic acid groups (broad SMARTS) is 1. The van der Waals surface area contributed by atoms with Crippen LogP contribution in [0.15, 0.2) is 42.5 Å². The molecular weight excluding hydrogens is 370 g/mol. The first-order chi connectivity index (χ1) is 14.1. The van der Waals surface area contributed by atoms with Gasteiger partial charge in [-0.3, -0.25) is 14.5 Å². The van der Waals surface area contributed by atoms with Crippen molar-refractivity contribution in [3.05, 3.63) is 48.2 Å². The zero-order valence-electron chi connectivity index (χ0n) is 16.1. The Bertz CT molecular complexity index is 848. The fraction of sp³-hybridized carbons (Fsp3) is 0.429. The molecule has 2 aliphatic rings. The number of nitrogens with zero attached hydrogens (tertiary/aromatic N) is 3. The van der Waals surface area contributed by atoms with Crippen LogP contribution in [0.5, 0.6) is 0 Å². The second kappa shape index (κ2) is 8.57. The van der Waals surface area contributed by atoms with Gasteiger partial charge in [0.2, 0.25) is 0 Å². The van der Waals surface area contributed by atoms with Crippen LogP contribution in [0.1, 0.15) is 36.2 Å². The van der Waals surface area contributed by atoms with E-state index in [0.29, 0.717) is 23.5 Å². The standard InChI is InChI=1S/C21H25N5O3/c27-20(28)13-26(12-14-6-7-14)17-10-16(11-17)22-19-9-8-18(24-25-19)21(29)23-15-4-2-1-3-5-15/h1-5,8-9,14,16-17H,6-7,10-13H2,(H,22,25)(H,23,29)(H,27,28). The number of carbonyl (C=O) groups excluding carboxylic acids is 1. The van der Waals surface area contributed by atoms with Crippen LogP contribution in [0.3, 0.4) is 0 Å². The summed E-state index contributed by atoms with van der Waals surface area (Å²) in [6.07, 6.45) is 4.20. The summed E-state index contributed by atoms with van der Waals surface area (Å²) in [6.45, 7) is 0.994. The second-order valence-electron chi connectivity index (χ2n) is 7.86. The van der Waals surface area contributed by atoms with Gasteiger partial charge in [-0.05, 0) is 55.9 Å². The number of aliphatic carboxylic acids is 1. The third-order valence-corrected chi connectivity index (χ3v) is 5.44. The van der Waals surface area contributed by atoms with Crippen LogP contribution in [0.4, 0.5) is 11.5 Å². The average Bonchev–Trinajstić information content (AvgIpc) is 3.49. The van der Waals surface area contributed by atoms with E-state index in [1.165, 1.54) is 12.8 Å². The molecule has 0 radical (unpaired) electrons. The first-order valence-corrected chi connectivity index (χ1v) is 9.99. The van der Waals surface area contributed by atoms with Crippen molar-refractivity contribution < 1.29 is 14.7 Å². The molecule has 1 amide bonds. The second-order valence-corrected chi connectivity index (χ2v) is 7.86. The van der Waals surface area contributed by atoms with E-state index in [0.717, 1.165) is 19.4 Å². The Morgan fingerprint density at radius 1 is 1.07 bits per heavy atom. The summed E-state index contributed by atoms with van der Waals surface area (Å²) in [4.78, 5) is 25.4. The molecule has 2 aromatic rings. The van der Waals surface area contributed by atoms with Crippen LogP contribution in [-0.2, 0) is 4.79 Å². The van der Waals surface area contributed by atoms with Gasteiger partial charge in [0.1, 0.15) is 5.82 Å². The lowest BCUT2D eigenvalue weighted by molar-refractivity contribution is -0.139. The van der Waals surface area contributed by atoms with Gasteiger partial charge in [-0.1, -0.05) is 18.2 Å². The van der Waals surface area contributed by atoms with Crippen molar-refractivity contribution in [2.45, 2.75) is 37.8 Å². The predicted octanol–water partition coefficient (Wildman–Crippen LogP) is 2.47. The van der Waals surface area contributed by atoms with E-state index < -0.39 is 5.97 Å². The summed E-state index contributed by atoms with van der Waals surface area (Å²) in [5, 5.41) is 23.4. The summed E-state index contributed by atoms with van der Waals surface area (Å²) in [5.41, 5.74) is 0.960. The number of hydrogen-bond donors (Lipinski definition) is 3. The molecule has 0 bridgehead atoms. The number of para-hydroxylation sites is 1. The summed E-state index contributed by atoms with van der Waals surface area (Å²) in [7, 11) is 0. The average molecular weight is 395 g/mol. The van der Waals surface area contributed by atoms with Crippen molar-refractivity contribution >= 4 is 23.4 Å². The number of nitrogens with one attached hydrogen (secondary N) is 2. The molecule has 1 aromatic carbocycles. The van der Waals surface area contributed by atoms with Crippen LogP contribution in [0, 0.1) is 5.92 Å². The lowest BCUT2D eigenvalue weighted by atomic mass is 9.85. The number of rotatable bonds is 9. The molecule has 4 rings (SSSR count). The summed E-state index contributed by atoms with van der Waals surface area (Å²) >= 11 is 0. The zero-order valence-corrected chi connectivity index (χ0v) is 16.1. The van der Waals surface area contributed by atoms with Crippen LogP contribution in [-0.4, -0.2) is 57.3 Å². The third-order valence-electron chi connectivity index (χ3n) is 5.44. The first kappa shape index (κ1) is 19.3. The maximum atomic E-state index is 12.2. The number of carboxylic acids is 1. The molecule has 0 saturated heterocycles. The molecule has 152 valence electrons. The van der Waals surface area contributed by atoms with Crippen molar-refractivity contribution in [1.82, 2.24) is 15.1 Å². The molecule has 3 N–H and O–H groups in total. The normalized spacial score (nSPS) is 20.7. The number of benzene rings is 1. The molecule has 2 fully saturated rings. The molecule has 0 spiro atoms. The summed E-state index contributed by atoms with van der Waals surface area (Å²) < 4.78 is 0. The topological polar surface area (TPSA) is 107 Å². The summed E-state index contributed by atoms with van der Waals surface area (Å²) in [6, 6.07) is 13.1. The van der Waals surface area contributed by atoms with Crippen molar-refractivity contribution in [3.63, 3.8) is 0 Å². The van der Waals surface area contributed by atoms with Crippen LogP contribution < -0.4 is 10.6 Å². The van der Waals surface area contributed by atoms with Crippen molar-refractivity contribution in [1.29, 1.82) is 0 Å². The highest BCUT2D eigenvalue weighted by Crippen LogP contribution is 2.34. The van der Waals surface area contributed by atoms with Gasteiger partial charge < -0.3 is 15.7 Å². The smallest absolute Gasteiger partial charge is 0.317 e. The van der Waals surface area contributed by atoms with E-state index in [2.05, 4.69) is 25.7 Å². The van der Waals surface area contributed by atoms with Gasteiger partial charge in [-0.25, -0.2) is 0 Å². The van der Waals surface area contributed by atoms with Gasteiger partial charge >= 0.3 is 5.97 Å². The Labute approximate surface area is 169 Å². The minimum absolute atomic E-state index is 0.110. The van der Waals surface area contributed by atoms with Crippen LogP contribution in [0.25, 0.3) is 0 Å². The minimum atomic E-state index is -0.766. The Kier molecular flexibility index (Phi) is 5.71. The van der Waals surface area contributed by atoms with Crippen molar-refractivity contribution in [3.8, 4) is 0 Å². The number of anilines is 2. The zero-order chi connectivity index (χ0) is 20.2. The molecule has 0 aliphatic heterocycles. The monoisotopic (exact) mass is 395 g/mol. The lowest BCUT2D eigenvalue weighted by Gasteiger charge is -2.42. The van der Waals surface area contributed by atoms with Gasteiger partial charge in [-0.2, -0.15) is 0 Å². The number of aromatic nitrogens is 2. The molecular formula is C21H25N5O3. The van der Waals surface area contributed by atoms with Gasteiger partial charge in [0.15, 0.2) is 5.69 Å². The largest absolute Gasteiger partial charge is 0.480 e. The number of hydrogen-bond acceptors (Lipinski definition) is 6. The molecule has 0 unspecified atom stereocenters. The Morgan fingerprint density at radius 3 is 2.45 bits per heavy atom. The fourth-order valence-corrected chi connectivity index (χ4v) is 3.61. The Balaban J connectivity index is 1.26. The quantitative estimate of drug-likeness (QED) is 0.599. The van der Waals surface area contributed by atoms with Gasteiger partial charge in [0.05, 0.1) is 6.54 Å². The highest BCUT2D eigenvalue weighted by molar-refractivity contribution is 6.02. The van der Waals surface area contributed by atoms with E-state index in [-0.39, 0.29) is 24.2 Å². The van der Waals surface area contributed by atoms with Gasteiger partial charge in [-0.15, -0.1) is 10.2 Å². The molecule has 1 aromatic heterocycles. The Hall–Kier alpha value is -3.00. The van der Waals surface area contributed by atoms with Crippen LogP contribution in [0.2, 0.25) is 0 Å². The fourth-order valence-electron chi connectivity index (χ4n) is 3.61. The van der Waals surface area contributed by atoms with E-state index in [9.17, 15) is 9.59 Å². The van der Waals surface area contributed by atoms with E-state index in [4.69, 9.17) is 5.11 Å². The maximum Gasteiger partial charge on any atom is 0.317 e. The van der Waals surface area contributed by atoms with Gasteiger partial charge in [0, 0.05) is 24.3 Å². The molecule has 8 nitrogen and oxygen atoms in total. The van der Waals surface area contributed by atoms with Crippen LogP contribution >= 0.6 is 0 Å². The minimum Gasteiger partial charge on any atom is -0.480 e.